The minimum absolute atomic E-state index is 0.00821. The molecular formula is C16H18FN3O2. The van der Waals surface area contributed by atoms with Gasteiger partial charge in [0.25, 0.3) is 5.91 Å². The molecule has 2 unspecified atom stereocenters. The minimum Gasteiger partial charge on any atom is -0.372 e. The van der Waals surface area contributed by atoms with E-state index < -0.39 is 0 Å². The highest BCUT2D eigenvalue weighted by Gasteiger charge is 2.28. The average Bonchev–Trinajstić information content (AvgIpc) is 2.95. The van der Waals surface area contributed by atoms with E-state index in [0.717, 1.165) is 5.56 Å². The quantitative estimate of drug-likeness (QED) is 0.927. The third kappa shape index (κ3) is 2.87. The molecule has 0 aliphatic carbocycles. The first-order valence-corrected chi connectivity index (χ1v) is 7.28. The molecule has 1 aliphatic rings. The van der Waals surface area contributed by atoms with E-state index in [1.165, 1.54) is 18.3 Å². The van der Waals surface area contributed by atoms with Crippen molar-refractivity contribution in [2.24, 2.45) is 0 Å². The fourth-order valence-electron chi connectivity index (χ4n) is 2.80. The van der Waals surface area contributed by atoms with Gasteiger partial charge in [0.05, 0.1) is 29.7 Å². The first-order valence-electron chi connectivity index (χ1n) is 7.28. The smallest absolute Gasteiger partial charge is 0.257 e. The third-order valence-electron chi connectivity index (χ3n) is 3.71. The zero-order valence-electron chi connectivity index (χ0n) is 12.5. The lowest BCUT2D eigenvalue weighted by molar-refractivity contribution is -0.0586. The maximum Gasteiger partial charge on any atom is 0.257 e. The van der Waals surface area contributed by atoms with E-state index in [1.807, 2.05) is 13.8 Å². The van der Waals surface area contributed by atoms with Crippen LogP contribution in [0.25, 0.3) is 11.3 Å². The Morgan fingerprint density at radius 1 is 1.27 bits per heavy atom. The summed E-state index contributed by atoms with van der Waals surface area (Å²) < 4.78 is 18.7. The number of nitrogens with zero attached hydrogens (tertiary/aromatic N) is 2. The largest absolute Gasteiger partial charge is 0.372 e. The topological polar surface area (TPSA) is 58.2 Å². The lowest BCUT2D eigenvalue weighted by Crippen LogP contribution is -2.48. The molecule has 1 saturated heterocycles. The highest BCUT2D eigenvalue weighted by molar-refractivity contribution is 5.99. The van der Waals surface area contributed by atoms with E-state index in [1.54, 1.807) is 17.0 Å². The number of aromatic amines is 1. The number of ether oxygens (including phenoxy) is 1. The van der Waals surface area contributed by atoms with Crippen molar-refractivity contribution in [1.29, 1.82) is 0 Å². The maximum atomic E-state index is 13.0. The molecule has 22 heavy (non-hydrogen) atoms. The lowest BCUT2D eigenvalue weighted by Gasteiger charge is -2.35. The summed E-state index contributed by atoms with van der Waals surface area (Å²) in [6.07, 6.45) is 1.54. The Labute approximate surface area is 128 Å². The maximum absolute atomic E-state index is 13.0. The lowest BCUT2D eigenvalue weighted by atomic mass is 10.1. The van der Waals surface area contributed by atoms with E-state index in [2.05, 4.69) is 10.2 Å². The molecule has 2 atom stereocenters. The summed E-state index contributed by atoms with van der Waals surface area (Å²) >= 11 is 0. The molecule has 3 rings (SSSR count). The van der Waals surface area contributed by atoms with Crippen molar-refractivity contribution in [3.63, 3.8) is 0 Å². The summed E-state index contributed by atoms with van der Waals surface area (Å²) in [4.78, 5) is 14.5. The van der Waals surface area contributed by atoms with Gasteiger partial charge in [0.2, 0.25) is 0 Å². The van der Waals surface area contributed by atoms with E-state index in [0.29, 0.717) is 24.3 Å². The molecule has 2 aromatic rings. The Hall–Kier alpha value is -2.21. The van der Waals surface area contributed by atoms with Crippen LogP contribution in [-0.2, 0) is 4.74 Å². The average molecular weight is 303 g/mol. The first kappa shape index (κ1) is 14.7. The fraction of sp³-hybridized carbons (Fsp3) is 0.375. The molecule has 0 saturated carbocycles. The second kappa shape index (κ2) is 5.88. The van der Waals surface area contributed by atoms with Crippen LogP contribution in [0.2, 0.25) is 0 Å². The fourth-order valence-corrected chi connectivity index (χ4v) is 2.80. The van der Waals surface area contributed by atoms with Gasteiger partial charge in [-0.2, -0.15) is 5.10 Å². The normalized spacial score (nSPS) is 21.9. The molecule has 1 aromatic heterocycles. The van der Waals surface area contributed by atoms with Crippen molar-refractivity contribution in [2.45, 2.75) is 26.1 Å². The number of aromatic nitrogens is 2. The number of rotatable bonds is 2. The summed E-state index contributed by atoms with van der Waals surface area (Å²) in [7, 11) is 0. The van der Waals surface area contributed by atoms with Gasteiger partial charge in [-0.25, -0.2) is 4.39 Å². The van der Waals surface area contributed by atoms with Crippen LogP contribution in [-0.4, -0.2) is 46.3 Å². The first-order chi connectivity index (χ1) is 10.5. The second-order valence-electron chi connectivity index (χ2n) is 5.63. The van der Waals surface area contributed by atoms with Crippen LogP contribution in [0.5, 0.6) is 0 Å². The van der Waals surface area contributed by atoms with Crippen LogP contribution in [0.3, 0.4) is 0 Å². The van der Waals surface area contributed by atoms with Gasteiger partial charge in [0.15, 0.2) is 0 Å². The van der Waals surface area contributed by atoms with Crippen LogP contribution < -0.4 is 0 Å². The summed E-state index contributed by atoms with van der Waals surface area (Å²) in [5.41, 5.74) is 1.83. The zero-order chi connectivity index (χ0) is 15.7. The SMILES string of the molecule is CC1CN(C(=O)c2cn[nH]c2-c2ccc(F)cc2)CC(C)O1. The predicted molar refractivity (Wildman–Crippen MR) is 79.9 cm³/mol. The molecule has 116 valence electrons. The molecule has 0 spiro atoms. The minimum atomic E-state index is -0.313. The van der Waals surface area contributed by atoms with E-state index in [4.69, 9.17) is 4.74 Å². The number of carbonyl (C=O) groups excluding carboxylic acids is 1. The Kier molecular flexibility index (Phi) is 3.94. The second-order valence-corrected chi connectivity index (χ2v) is 5.63. The summed E-state index contributed by atoms with van der Waals surface area (Å²) in [5, 5.41) is 6.81. The van der Waals surface area contributed by atoms with Crippen LogP contribution in [0.4, 0.5) is 4.39 Å². The molecule has 5 nitrogen and oxygen atoms in total. The van der Waals surface area contributed by atoms with Crippen molar-refractivity contribution in [3.05, 3.63) is 41.8 Å². The van der Waals surface area contributed by atoms with Gasteiger partial charge in [-0.05, 0) is 38.1 Å². The number of hydrogen-bond donors (Lipinski definition) is 1. The molecular weight excluding hydrogens is 285 g/mol. The number of carbonyl (C=O) groups is 1. The van der Waals surface area contributed by atoms with Gasteiger partial charge in [0, 0.05) is 18.7 Å². The molecule has 2 heterocycles. The van der Waals surface area contributed by atoms with Crippen molar-refractivity contribution in [2.75, 3.05) is 13.1 Å². The Balaban J connectivity index is 1.88. The van der Waals surface area contributed by atoms with E-state index >= 15 is 0 Å². The van der Waals surface area contributed by atoms with Gasteiger partial charge in [0.1, 0.15) is 5.82 Å². The van der Waals surface area contributed by atoms with Crippen molar-refractivity contribution in [1.82, 2.24) is 15.1 Å². The highest BCUT2D eigenvalue weighted by Crippen LogP contribution is 2.24. The van der Waals surface area contributed by atoms with Gasteiger partial charge in [-0.15, -0.1) is 0 Å². The van der Waals surface area contributed by atoms with Gasteiger partial charge >= 0.3 is 0 Å². The summed E-state index contributed by atoms with van der Waals surface area (Å²) in [6, 6.07) is 5.99. The van der Waals surface area contributed by atoms with Crippen molar-refractivity contribution >= 4 is 5.91 Å². The Morgan fingerprint density at radius 2 is 1.91 bits per heavy atom. The third-order valence-corrected chi connectivity index (χ3v) is 3.71. The number of amides is 1. The van der Waals surface area contributed by atoms with Gasteiger partial charge in [-0.1, -0.05) is 0 Å². The standard InChI is InChI=1S/C16H18FN3O2/c1-10-8-20(9-11(2)22-10)16(21)14-7-18-19-15(14)12-3-5-13(17)6-4-12/h3-7,10-11H,8-9H2,1-2H3,(H,18,19). The number of hydrogen-bond acceptors (Lipinski definition) is 3. The van der Waals surface area contributed by atoms with Crippen LogP contribution in [0.1, 0.15) is 24.2 Å². The molecule has 1 fully saturated rings. The number of morpholine rings is 1. The van der Waals surface area contributed by atoms with Gasteiger partial charge < -0.3 is 9.64 Å². The molecule has 0 radical (unpaired) electrons. The monoisotopic (exact) mass is 303 g/mol. The van der Waals surface area contributed by atoms with E-state index in [-0.39, 0.29) is 23.9 Å². The van der Waals surface area contributed by atoms with Crippen LogP contribution in [0.15, 0.2) is 30.5 Å². The Morgan fingerprint density at radius 3 is 2.55 bits per heavy atom. The summed E-state index contributed by atoms with van der Waals surface area (Å²) in [5.74, 6) is -0.401. The van der Waals surface area contributed by atoms with Crippen LogP contribution >= 0.6 is 0 Å². The van der Waals surface area contributed by atoms with Gasteiger partial charge in [-0.3, -0.25) is 9.89 Å². The molecule has 6 heteroatoms. The number of halogens is 1. The van der Waals surface area contributed by atoms with E-state index in [9.17, 15) is 9.18 Å². The molecule has 1 aromatic carbocycles. The summed E-state index contributed by atoms with van der Waals surface area (Å²) in [6.45, 7) is 5.01. The number of benzene rings is 1. The molecule has 0 bridgehead atoms. The van der Waals surface area contributed by atoms with Crippen molar-refractivity contribution < 1.29 is 13.9 Å². The molecule has 1 amide bonds. The van der Waals surface area contributed by atoms with Crippen LogP contribution in [0, 0.1) is 5.82 Å². The van der Waals surface area contributed by atoms with Crippen molar-refractivity contribution in [3.8, 4) is 11.3 Å². The molecule has 1 aliphatic heterocycles. The number of nitrogens with one attached hydrogen (secondary N) is 1. The molecule has 1 N–H and O–H groups in total. The predicted octanol–water partition coefficient (Wildman–Crippen LogP) is 2.47. The Bertz CT molecular complexity index is 658. The highest BCUT2D eigenvalue weighted by atomic mass is 19.1. The zero-order valence-corrected chi connectivity index (χ0v) is 12.5. The number of H-pyrrole nitrogens is 1.